The lowest BCUT2D eigenvalue weighted by Gasteiger charge is -2.30. The second-order valence-electron chi connectivity index (χ2n) is 6.37. The minimum Gasteiger partial charge on any atom is -0.481 e. The van der Waals surface area contributed by atoms with Crippen molar-refractivity contribution >= 4 is 12.1 Å². The highest BCUT2D eigenvalue weighted by atomic mass is 16.6. The van der Waals surface area contributed by atoms with Gasteiger partial charge >= 0.3 is 12.1 Å². The normalized spacial score (nSPS) is 34.4. The molecule has 18 heavy (non-hydrogen) atoms. The molecule has 2 fully saturated rings. The van der Waals surface area contributed by atoms with Crippen LogP contribution < -0.4 is 5.32 Å². The maximum Gasteiger partial charge on any atom is 0.407 e. The lowest BCUT2D eigenvalue weighted by Crippen LogP contribution is -2.48. The highest BCUT2D eigenvalue weighted by Gasteiger charge is 2.51. The Morgan fingerprint density at radius 2 is 1.83 bits per heavy atom. The summed E-state index contributed by atoms with van der Waals surface area (Å²) in [6.07, 6.45) is 2.38. The molecule has 2 N–H and O–H groups in total. The van der Waals surface area contributed by atoms with Gasteiger partial charge in [0.25, 0.3) is 0 Å². The number of carboxylic acid groups (broad SMARTS) is 1. The second kappa shape index (κ2) is 4.44. The number of fused-ring (bicyclic) bond motifs is 2. The highest BCUT2D eigenvalue weighted by molar-refractivity contribution is 5.75. The van der Waals surface area contributed by atoms with E-state index in [0.29, 0.717) is 5.92 Å². The predicted octanol–water partition coefficient (Wildman–Crippen LogP) is 2.01. The largest absolute Gasteiger partial charge is 0.481 e. The van der Waals surface area contributed by atoms with Crippen molar-refractivity contribution in [2.45, 2.75) is 51.7 Å². The second-order valence-corrected chi connectivity index (χ2v) is 6.37. The Morgan fingerprint density at radius 3 is 2.39 bits per heavy atom. The molecule has 0 saturated heterocycles. The molecular formula is C13H21NO4. The number of aliphatic carboxylic acids is 1. The van der Waals surface area contributed by atoms with Gasteiger partial charge in [-0.25, -0.2) is 4.79 Å². The van der Waals surface area contributed by atoms with Crippen LogP contribution in [0.15, 0.2) is 0 Å². The Balaban J connectivity index is 2.00. The summed E-state index contributed by atoms with van der Waals surface area (Å²) in [6, 6.07) is -0.268. The van der Waals surface area contributed by atoms with Crippen LogP contribution >= 0.6 is 0 Å². The molecule has 2 aliphatic rings. The van der Waals surface area contributed by atoms with Gasteiger partial charge in [-0.05, 0) is 51.9 Å². The number of carbonyl (C=O) groups is 2. The SMILES string of the molecule is CC(C)(C)OC(=O)N[C@@H]1C2CCC(C2)[C@H]1C(=O)O. The van der Waals surface area contributed by atoms with Gasteiger partial charge in [0.15, 0.2) is 0 Å². The van der Waals surface area contributed by atoms with Crippen molar-refractivity contribution in [1.82, 2.24) is 5.32 Å². The molecule has 1 amide bonds. The van der Waals surface area contributed by atoms with E-state index in [4.69, 9.17) is 4.74 Å². The summed E-state index contributed by atoms with van der Waals surface area (Å²) in [5, 5.41) is 12.0. The van der Waals surface area contributed by atoms with Crippen LogP contribution in [0, 0.1) is 17.8 Å². The number of hydrogen-bond donors (Lipinski definition) is 2. The lowest BCUT2D eigenvalue weighted by molar-refractivity contribution is -0.144. The average Bonchev–Trinajstić information content (AvgIpc) is 2.73. The third-order valence-electron chi connectivity index (χ3n) is 3.88. The van der Waals surface area contributed by atoms with Crippen LogP contribution in [-0.4, -0.2) is 28.8 Å². The van der Waals surface area contributed by atoms with E-state index in [1.54, 1.807) is 20.8 Å². The maximum atomic E-state index is 11.7. The Labute approximate surface area is 107 Å². The van der Waals surface area contributed by atoms with E-state index in [2.05, 4.69) is 5.32 Å². The van der Waals surface area contributed by atoms with Crippen LogP contribution in [0.2, 0.25) is 0 Å². The monoisotopic (exact) mass is 255 g/mol. The van der Waals surface area contributed by atoms with Gasteiger partial charge in [0.05, 0.1) is 5.92 Å². The lowest BCUT2D eigenvalue weighted by atomic mass is 9.84. The van der Waals surface area contributed by atoms with E-state index < -0.39 is 23.6 Å². The summed E-state index contributed by atoms with van der Waals surface area (Å²) in [7, 11) is 0. The average molecular weight is 255 g/mol. The van der Waals surface area contributed by atoms with Crippen molar-refractivity contribution in [3.05, 3.63) is 0 Å². The van der Waals surface area contributed by atoms with Gasteiger partial charge in [0.2, 0.25) is 0 Å². The molecule has 0 aromatic rings. The summed E-state index contributed by atoms with van der Waals surface area (Å²) >= 11 is 0. The van der Waals surface area contributed by atoms with E-state index >= 15 is 0 Å². The molecule has 5 nitrogen and oxygen atoms in total. The molecule has 5 heteroatoms. The predicted molar refractivity (Wildman–Crippen MR) is 65.1 cm³/mol. The van der Waals surface area contributed by atoms with Crippen molar-refractivity contribution in [3.63, 3.8) is 0 Å². The number of carbonyl (C=O) groups excluding carboxylic acids is 1. The van der Waals surface area contributed by atoms with Crippen molar-refractivity contribution in [3.8, 4) is 0 Å². The van der Waals surface area contributed by atoms with Crippen LogP contribution in [0.4, 0.5) is 4.79 Å². The topological polar surface area (TPSA) is 75.6 Å². The number of alkyl carbamates (subject to hydrolysis) is 1. The molecule has 2 saturated carbocycles. The molecule has 0 heterocycles. The van der Waals surface area contributed by atoms with Crippen LogP contribution in [0.25, 0.3) is 0 Å². The van der Waals surface area contributed by atoms with Gasteiger partial charge in [-0.2, -0.15) is 0 Å². The third-order valence-corrected chi connectivity index (χ3v) is 3.88. The smallest absolute Gasteiger partial charge is 0.407 e. The van der Waals surface area contributed by atoms with Crippen LogP contribution in [0.5, 0.6) is 0 Å². The third kappa shape index (κ3) is 2.60. The molecule has 102 valence electrons. The zero-order chi connectivity index (χ0) is 13.5. The number of nitrogens with one attached hydrogen (secondary N) is 1. The first-order chi connectivity index (χ1) is 8.28. The minimum atomic E-state index is -0.803. The fourth-order valence-corrected chi connectivity index (χ4v) is 3.30. The number of carboxylic acids is 1. The van der Waals surface area contributed by atoms with Gasteiger partial charge in [-0.3, -0.25) is 4.79 Å². The zero-order valence-corrected chi connectivity index (χ0v) is 11.1. The van der Waals surface area contributed by atoms with Crippen molar-refractivity contribution in [2.24, 2.45) is 17.8 Å². The number of amides is 1. The van der Waals surface area contributed by atoms with E-state index in [0.717, 1.165) is 19.3 Å². The Hall–Kier alpha value is -1.26. The van der Waals surface area contributed by atoms with Gasteiger partial charge in [-0.1, -0.05) is 0 Å². The Morgan fingerprint density at radius 1 is 1.22 bits per heavy atom. The van der Waals surface area contributed by atoms with Gasteiger partial charge in [0, 0.05) is 6.04 Å². The maximum absolute atomic E-state index is 11.7. The minimum absolute atomic E-state index is 0.215. The van der Waals surface area contributed by atoms with Crippen molar-refractivity contribution < 1.29 is 19.4 Å². The van der Waals surface area contributed by atoms with Crippen molar-refractivity contribution in [2.75, 3.05) is 0 Å². The summed E-state index contributed by atoms with van der Waals surface area (Å²) < 4.78 is 5.19. The van der Waals surface area contributed by atoms with Gasteiger partial charge < -0.3 is 15.2 Å². The molecule has 0 aromatic heterocycles. The molecule has 4 atom stereocenters. The summed E-state index contributed by atoms with van der Waals surface area (Å²) in [4.78, 5) is 23.0. The van der Waals surface area contributed by atoms with Crippen molar-refractivity contribution in [1.29, 1.82) is 0 Å². The van der Waals surface area contributed by atoms with Crippen LogP contribution in [0.1, 0.15) is 40.0 Å². The first-order valence-electron chi connectivity index (χ1n) is 6.50. The molecule has 0 radical (unpaired) electrons. The standard InChI is InChI=1S/C13H21NO4/c1-13(2,3)18-12(17)14-10-8-5-4-7(6-8)9(10)11(15)16/h7-10H,4-6H2,1-3H3,(H,14,17)(H,15,16)/t7?,8?,9-,10-/m1/s1. The summed E-state index contributed by atoms with van der Waals surface area (Å²) in [6.45, 7) is 5.38. The number of rotatable bonds is 2. The van der Waals surface area contributed by atoms with E-state index in [9.17, 15) is 14.7 Å². The molecule has 2 aliphatic carbocycles. The van der Waals surface area contributed by atoms with Crippen LogP contribution in [0.3, 0.4) is 0 Å². The van der Waals surface area contributed by atoms with E-state index in [1.165, 1.54) is 0 Å². The first kappa shape index (κ1) is 13.2. The number of hydrogen-bond acceptors (Lipinski definition) is 3. The molecular weight excluding hydrogens is 234 g/mol. The molecule has 0 aromatic carbocycles. The molecule has 0 spiro atoms. The molecule has 2 rings (SSSR count). The van der Waals surface area contributed by atoms with Gasteiger partial charge in [-0.15, -0.1) is 0 Å². The quantitative estimate of drug-likeness (QED) is 0.791. The Kier molecular flexibility index (Phi) is 3.25. The molecule has 2 unspecified atom stereocenters. The Bertz CT molecular complexity index is 360. The van der Waals surface area contributed by atoms with E-state index in [-0.39, 0.29) is 12.0 Å². The van der Waals surface area contributed by atoms with Crippen LogP contribution in [-0.2, 0) is 9.53 Å². The van der Waals surface area contributed by atoms with Gasteiger partial charge in [0.1, 0.15) is 5.60 Å². The molecule has 2 bridgehead atoms. The van der Waals surface area contributed by atoms with E-state index in [1.807, 2.05) is 0 Å². The highest BCUT2D eigenvalue weighted by Crippen LogP contribution is 2.48. The molecule has 0 aliphatic heterocycles. The zero-order valence-electron chi connectivity index (χ0n) is 11.1. The summed E-state index contributed by atoms with van der Waals surface area (Å²) in [5.41, 5.74) is -0.555. The fraction of sp³-hybridized carbons (Fsp3) is 0.846. The fourth-order valence-electron chi connectivity index (χ4n) is 3.30. The number of ether oxygens (including phenoxy) is 1. The summed E-state index contributed by atoms with van der Waals surface area (Å²) in [5.74, 6) is -0.740. The first-order valence-corrected chi connectivity index (χ1v) is 6.50.